The molecule has 2 aromatic heterocycles. The molecule has 9 heteroatoms. The van der Waals surface area contributed by atoms with Gasteiger partial charge in [-0.1, -0.05) is 6.07 Å². The van der Waals surface area contributed by atoms with E-state index < -0.39 is 10.0 Å². The Bertz CT molecular complexity index is 1130. The first-order valence-electron chi connectivity index (χ1n) is 8.96. The van der Waals surface area contributed by atoms with Gasteiger partial charge in [0.25, 0.3) is 0 Å². The highest BCUT2D eigenvalue weighted by molar-refractivity contribution is 7.92. The Morgan fingerprint density at radius 2 is 1.93 bits per heavy atom. The molecule has 29 heavy (non-hydrogen) atoms. The van der Waals surface area contributed by atoms with Crippen LogP contribution in [0.2, 0.25) is 0 Å². The van der Waals surface area contributed by atoms with Crippen LogP contribution in [-0.4, -0.2) is 24.8 Å². The van der Waals surface area contributed by atoms with Crippen molar-refractivity contribution < 1.29 is 8.42 Å². The summed E-state index contributed by atoms with van der Waals surface area (Å²) in [5, 5.41) is 6.12. The van der Waals surface area contributed by atoms with Crippen LogP contribution in [0.5, 0.6) is 0 Å². The molecule has 0 unspecified atom stereocenters. The van der Waals surface area contributed by atoms with Crippen LogP contribution in [0.4, 0.5) is 11.4 Å². The number of aryl methyl sites for hydroxylation is 1. The predicted octanol–water partition coefficient (Wildman–Crippen LogP) is 4.00. The third kappa shape index (κ3) is 4.12. The SMILES string of the molecule is Cc1ccsc1[C@@H]1[C@H](c2ccccn2)NC(=S)N1c1ccc(NS(C)(=O)=O)cc1. The maximum Gasteiger partial charge on any atom is 0.229 e. The first-order valence-corrected chi connectivity index (χ1v) is 12.1. The molecule has 3 heterocycles. The van der Waals surface area contributed by atoms with E-state index >= 15 is 0 Å². The van der Waals surface area contributed by atoms with Gasteiger partial charge >= 0.3 is 0 Å². The molecule has 2 atom stereocenters. The van der Waals surface area contributed by atoms with Crippen LogP contribution >= 0.6 is 23.6 Å². The highest BCUT2D eigenvalue weighted by atomic mass is 32.2. The molecule has 1 aliphatic rings. The van der Waals surface area contributed by atoms with Crippen molar-refractivity contribution in [2.45, 2.75) is 19.0 Å². The Kier molecular flexibility index (Phi) is 5.28. The van der Waals surface area contributed by atoms with E-state index in [0.29, 0.717) is 10.8 Å². The van der Waals surface area contributed by atoms with Gasteiger partial charge in [0.05, 0.1) is 24.0 Å². The number of nitrogens with one attached hydrogen (secondary N) is 2. The maximum absolute atomic E-state index is 11.5. The number of hydrogen-bond acceptors (Lipinski definition) is 5. The summed E-state index contributed by atoms with van der Waals surface area (Å²) in [7, 11) is -3.32. The summed E-state index contributed by atoms with van der Waals surface area (Å²) in [6, 6.07) is 15.1. The lowest BCUT2D eigenvalue weighted by Gasteiger charge is -2.27. The third-order valence-corrected chi connectivity index (χ3v) is 6.73. The molecule has 0 aliphatic carbocycles. The standard InChI is InChI=1S/C20H20N4O2S3/c1-13-10-12-28-19(13)18-17(16-5-3-4-11-21-16)22-20(27)24(18)15-8-6-14(7-9-15)23-29(2,25)26/h3-12,17-18,23H,1-2H3,(H,22,27)/t17-,18-/m0/s1. The average Bonchev–Trinajstić information content (AvgIpc) is 3.24. The van der Waals surface area contributed by atoms with Crippen LogP contribution in [0.15, 0.2) is 60.1 Å². The lowest BCUT2D eigenvalue weighted by molar-refractivity contribution is 0.573. The van der Waals surface area contributed by atoms with Gasteiger partial charge in [-0.3, -0.25) is 9.71 Å². The summed E-state index contributed by atoms with van der Waals surface area (Å²) in [5.41, 5.74) is 3.52. The molecule has 150 valence electrons. The topological polar surface area (TPSA) is 74.3 Å². The molecular formula is C20H20N4O2S3. The van der Waals surface area contributed by atoms with Gasteiger partial charge in [-0.05, 0) is 72.5 Å². The fourth-order valence-corrected chi connectivity index (χ4v) is 5.45. The number of pyridine rings is 1. The summed E-state index contributed by atoms with van der Waals surface area (Å²) < 4.78 is 25.5. The minimum atomic E-state index is -3.32. The largest absolute Gasteiger partial charge is 0.351 e. The van der Waals surface area contributed by atoms with Gasteiger partial charge in [-0.2, -0.15) is 0 Å². The molecule has 3 aromatic rings. The molecule has 1 saturated heterocycles. The van der Waals surface area contributed by atoms with Crippen LogP contribution in [0.3, 0.4) is 0 Å². The number of sulfonamides is 1. The zero-order chi connectivity index (χ0) is 20.6. The van der Waals surface area contributed by atoms with E-state index in [2.05, 4.69) is 38.3 Å². The molecular weight excluding hydrogens is 424 g/mol. The minimum absolute atomic E-state index is 0.0499. The Morgan fingerprint density at radius 3 is 2.52 bits per heavy atom. The van der Waals surface area contributed by atoms with Crippen LogP contribution in [-0.2, 0) is 10.0 Å². The van der Waals surface area contributed by atoms with Gasteiger partial charge < -0.3 is 10.2 Å². The molecule has 4 rings (SSSR count). The van der Waals surface area contributed by atoms with Gasteiger partial charge in [-0.15, -0.1) is 11.3 Å². The monoisotopic (exact) mass is 444 g/mol. The van der Waals surface area contributed by atoms with Crippen LogP contribution in [0.1, 0.15) is 28.2 Å². The molecule has 0 saturated carbocycles. The summed E-state index contributed by atoms with van der Waals surface area (Å²) in [6.45, 7) is 2.10. The van der Waals surface area contributed by atoms with Crippen LogP contribution in [0.25, 0.3) is 0 Å². The first kappa shape index (κ1) is 19.8. The Balaban J connectivity index is 1.75. The third-order valence-electron chi connectivity index (χ3n) is 4.72. The van der Waals surface area contributed by atoms with E-state index in [1.165, 1.54) is 10.4 Å². The molecule has 0 amide bonds. The fourth-order valence-electron chi connectivity index (χ4n) is 3.49. The highest BCUT2D eigenvalue weighted by Gasteiger charge is 2.41. The normalized spacial score (nSPS) is 19.2. The summed E-state index contributed by atoms with van der Waals surface area (Å²) in [6.07, 6.45) is 2.92. The van der Waals surface area contributed by atoms with E-state index in [9.17, 15) is 8.42 Å². The van der Waals surface area contributed by atoms with Gasteiger partial charge in [0.2, 0.25) is 10.0 Å². The number of thiophene rings is 1. The summed E-state index contributed by atoms with van der Waals surface area (Å²) in [5.74, 6) is 0. The molecule has 0 spiro atoms. The molecule has 1 fully saturated rings. The summed E-state index contributed by atoms with van der Waals surface area (Å²) >= 11 is 7.39. The maximum atomic E-state index is 11.5. The molecule has 1 aromatic carbocycles. The molecule has 0 bridgehead atoms. The average molecular weight is 445 g/mol. The molecule has 2 N–H and O–H groups in total. The van der Waals surface area contributed by atoms with Gasteiger partial charge in [0.1, 0.15) is 0 Å². The Labute approximate surface area is 179 Å². The van der Waals surface area contributed by atoms with Crippen LogP contribution < -0.4 is 14.9 Å². The van der Waals surface area contributed by atoms with Crippen molar-refractivity contribution in [1.82, 2.24) is 10.3 Å². The molecule has 1 aliphatic heterocycles. The van der Waals surface area contributed by atoms with Crippen molar-refractivity contribution in [3.05, 3.63) is 76.2 Å². The minimum Gasteiger partial charge on any atom is -0.351 e. The van der Waals surface area contributed by atoms with Crippen molar-refractivity contribution in [3.63, 3.8) is 0 Å². The van der Waals surface area contributed by atoms with Gasteiger partial charge in [-0.25, -0.2) is 8.42 Å². The van der Waals surface area contributed by atoms with E-state index in [4.69, 9.17) is 12.2 Å². The van der Waals surface area contributed by atoms with Gasteiger partial charge in [0, 0.05) is 22.4 Å². The Morgan fingerprint density at radius 1 is 1.17 bits per heavy atom. The number of nitrogens with zero attached hydrogens (tertiary/aromatic N) is 2. The lowest BCUT2D eigenvalue weighted by atomic mass is 10.0. The molecule has 0 radical (unpaired) electrons. The van der Waals surface area contributed by atoms with Crippen molar-refractivity contribution in [3.8, 4) is 0 Å². The highest BCUT2D eigenvalue weighted by Crippen LogP contribution is 2.44. The number of anilines is 2. The van der Waals surface area contributed by atoms with Crippen LogP contribution in [0, 0.1) is 6.92 Å². The first-order chi connectivity index (χ1) is 13.8. The van der Waals surface area contributed by atoms with E-state index in [1.807, 2.05) is 30.3 Å². The smallest absolute Gasteiger partial charge is 0.229 e. The van der Waals surface area contributed by atoms with E-state index in [-0.39, 0.29) is 12.1 Å². The van der Waals surface area contributed by atoms with E-state index in [0.717, 1.165) is 17.6 Å². The zero-order valence-corrected chi connectivity index (χ0v) is 18.3. The van der Waals surface area contributed by atoms with E-state index in [1.54, 1.807) is 29.7 Å². The second kappa shape index (κ2) is 7.74. The molecule has 6 nitrogen and oxygen atoms in total. The predicted molar refractivity (Wildman–Crippen MR) is 122 cm³/mol. The quantitative estimate of drug-likeness (QED) is 0.580. The number of rotatable bonds is 5. The fraction of sp³-hybridized carbons (Fsp3) is 0.200. The Hall–Kier alpha value is -2.49. The van der Waals surface area contributed by atoms with Crippen molar-refractivity contribution >= 4 is 50.1 Å². The lowest BCUT2D eigenvalue weighted by Crippen LogP contribution is -2.29. The second-order valence-corrected chi connectivity index (χ2v) is 9.97. The van der Waals surface area contributed by atoms with Gasteiger partial charge in [0.15, 0.2) is 5.11 Å². The number of benzene rings is 1. The number of thiocarbonyl (C=S) groups is 1. The number of aromatic nitrogens is 1. The number of hydrogen-bond donors (Lipinski definition) is 2. The summed E-state index contributed by atoms with van der Waals surface area (Å²) in [4.78, 5) is 7.84. The van der Waals surface area contributed by atoms with Crippen molar-refractivity contribution in [1.29, 1.82) is 0 Å². The zero-order valence-electron chi connectivity index (χ0n) is 15.9. The van der Waals surface area contributed by atoms with Crippen molar-refractivity contribution in [2.75, 3.05) is 15.9 Å². The second-order valence-electron chi connectivity index (χ2n) is 6.89. The van der Waals surface area contributed by atoms with Crippen molar-refractivity contribution in [2.24, 2.45) is 0 Å².